The normalized spacial score (nSPS) is 14.0. The molecule has 0 spiro atoms. The molecule has 0 N–H and O–H groups in total. The van der Waals surface area contributed by atoms with Gasteiger partial charge in [0.1, 0.15) is 0 Å². The summed E-state index contributed by atoms with van der Waals surface area (Å²) in [6.45, 7) is 0.930. The Balaban J connectivity index is 2.38. The average Bonchev–Trinajstić information content (AvgIpc) is 2.70. The molecule has 1 aromatic heterocycles. The number of aryl methyl sites for hydroxylation is 2. The van der Waals surface area contributed by atoms with E-state index >= 15 is 0 Å². The number of Topliss-reactive ketones (excluding diaryl/α,β-unsaturated/α-hetero) is 1. The smallest absolute Gasteiger partial charge is 0.227 e. The molecule has 1 aromatic carbocycles. The number of rotatable bonds is 2. The van der Waals surface area contributed by atoms with Crippen LogP contribution in [-0.4, -0.2) is 16.6 Å². The van der Waals surface area contributed by atoms with Crippen molar-refractivity contribution in [3.05, 3.63) is 35.5 Å². The Bertz CT molecular complexity index is 595. The first-order chi connectivity index (χ1) is 7.81. The second kappa shape index (κ2) is 3.30. The summed E-state index contributed by atoms with van der Waals surface area (Å²) in [7, 11) is 0. The molecule has 1 aliphatic heterocycles. The molecule has 80 valence electrons. The number of ketones is 1. The molecule has 2 heterocycles. The van der Waals surface area contributed by atoms with Crippen molar-refractivity contribution in [2.24, 2.45) is 0 Å². The van der Waals surface area contributed by atoms with Crippen LogP contribution in [0.4, 0.5) is 0 Å². The third-order valence-corrected chi connectivity index (χ3v) is 3.20. The maximum Gasteiger partial charge on any atom is 0.227 e. The van der Waals surface area contributed by atoms with Crippen molar-refractivity contribution in [3.63, 3.8) is 0 Å². The lowest BCUT2D eigenvalue weighted by Crippen LogP contribution is -2.05. The van der Waals surface area contributed by atoms with Crippen LogP contribution < -0.4 is 0 Å². The van der Waals surface area contributed by atoms with Crippen LogP contribution in [0, 0.1) is 0 Å². The predicted octanol–water partition coefficient (Wildman–Crippen LogP) is 1.97. The quantitative estimate of drug-likeness (QED) is 0.434. The predicted molar refractivity (Wildman–Crippen MR) is 60.7 cm³/mol. The molecular weight excluding hydrogens is 202 g/mol. The molecule has 3 rings (SSSR count). The van der Waals surface area contributed by atoms with Gasteiger partial charge in [0, 0.05) is 18.1 Å². The first kappa shape index (κ1) is 9.33. The zero-order chi connectivity index (χ0) is 11.1. The van der Waals surface area contributed by atoms with E-state index in [-0.39, 0.29) is 0 Å². The van der Waals surface area contributed by atoms with Gasteiger partial charge in [-0.05, 0) is 18.4 Å². The van der Waals surface area contributed by atoms with Gasteiger partial charge in [-0.3, -0.25) is 9.59 Å². The number of carbonyl (C=O) groups is 2. The molecule has 16 heavy (non-hydrogen) atoms. The molecule has 0 atom stereocenters. The molecule has 3 nitrogen and oxygen atoms in total. The highest BCUT2D eigenvalue weighted by Crippen LogP contribution is 2.29. The molecule has 0 fully saturated rings. The SMILES string of the molecule is O=CC(=O)c1cn2c3c(cccc13)CCC2. The van der Waals surface area contributed by atoms with Crippen LogP contribution in [0.2, 0.25) is 0 Å². The number of aromatic nitrogens is 1. The van der Waals surface area contributed by atoms with Crippen LogP contribution in [0.1, 0.15) is 22.3 Å². The molecule has 0 radical (unpaired) electrons. The maximum atomic E-state index is 11.5. The first-order valence-corrected chi connectivity index (χ1v) is 5.41. The molecule has 0 unspecified atom stereocenters. The average molecular weight is 213 g/mol. The fourth-order valence-corrected chi connectivity index (χ4v) is 2.52. The third kappa shape index (κ3) is 1.14. The Morgan fingerprint density at radius 3 is 3.06 bits per heavy atom. The monoisotopic (exact) mass is 213 g/mol. The topological polar surface area (TPSA) is 39.1 Å². The van der Waals surface area contributed by atoms with Crippen LogP contribution in [0.15, 0.2) is 24.4 Å². The summed E-state index contributed by atoms with van der Waals surface area (Å²) >= 11 is 0. The van der Waals surface area contributed by atoms with E-state index in [0.717, 1.165) is 30.3 Å². The molecule has 1 aliphatic rings. The fraction of sp³-hybridized carbons (Fsp3) is 0.231. The van der Waals surface area contributed by atoms with Crippen molar-refractivity contribution in [3.8, 4) is 0 Å². The molecule has 0 saturated heterocycles. The van der Waals surface area contributed by atoms with E-state index in [1.807, 2.05) is 18.3 Å². The highest BCUT2D eigenvalue weighted by Gasteiger charge is 2.18. The molecule has 0 bridgehead atoms. The zero-order valence-corrected chi connectivity index (χ0v) is 8.77. The lowest BCUT2D eigenvalue weighted by Gasteiger charge is -2.14. The van der Waals surface area contributed by atoms with Gasteiger partial charge in [0.15, 0.2) is 6.29 Å². The van der Waals surface area contributed by atoms with Crippen LogP contribution in [0.5, 0.6) is 0 Å². The van der Waals surface area contributed by atoms with Gasteiger partial charge in [-0.25, -0.2) is 0 Å². The van der Waals surface area contributed by atoms with Crippen molar-refractivity contribution in [2.75, 3.05) is 0 Å². The van der Waals surface area contributed by atoms with Gasteiger partial charge in [-0.1, -0.05) is 18.2 Å². The standard InChI is InChI=1S/C13H11NO2/c15-8-12(16)11-7-14-6-2-4-9-3-1-5-10(11)13(9)14/h1,3,5,7-8H,2,4,6H2. The highest BCUT2D eigenvalue weighted by molar-refractivity contribution is 6.36. The van der Waals surface area contributed by atoms with Crippen molar-refractivity contribution >= 4 is 23.0 Å². The van der Waals surface area contributed by atoms with Gasteiger partial charge in [-0.15, -0.1) is 0 Å². The van der Waals surface area contributed by atoms with Crippen molar-refractivity contribution in [1.82, 2.24) is 4.57 Å². The number of nitrogens with zero attached hydrogens (tertiary/aromatic N) is 1. The number of hydrogen-bond donors (Lipinski definition) is 0. The maximum absolute atomic E-state index is 11.5. The summed E-state index contributed by atoms with van der Waals surface area (Å²) < 4.78 is 2.09. The number of benzene rings is 1. The van der Waals surface area contributed by atoms with Crippen molar-refractivity contribution in [1.29, 1.82) is 0 Å². The lowest BCUT2D eigenvalue weighted by atomic mass is 10.0. The molecule has 0 amide bonds. The van der Waals surface area contributed by atoms with Gasteiger partial charge < -0.3 is 4.57 Å². The summed E-state index contributed by atoms with van der Waals surface area (Å²) in [5, 5.41) is 0.911. The minimum Gasteiger partial charge on any atom is -0.346 e. The van der Waals surface area contributed by atoms with E-state index < -0.39 is 5.78 Å². The minimum atomic E-state index is -0.428. The summed E-state index contributed by atoms with van der Waals surface area (Å²) in [6, 6.07) is 5.96. The highest BCUT2D eigenvalue weighted by atomic mass is 16.2. The molecular formula is C13H11NO2. The van der Waals surface area contributed by atoms with Crippen molar-refractivity contribution in [2.45, 2.75) is 19.4 Å². The van der Waals surface area contributed by atoms with Gasteiger partial charge >= 0.3 is 0 Å². The van der Waals surface area contributed by atoms with Crippen LogP contribution in [0.25, 0.3) is 10.9 Å². The summed E-state index contributed by atoms with van der Waals surface area (Å²) in [6.07, 6.45) is 4.35. The Kier molecular flexibility index (Phi) is 1.93. The van der Waals surface area contributed by atoms with Gasteiger partial charge in [0.25, 0.3) is 0 Å². The lowest BCUT2D eigenvalue weighted by molar-refractivity contribution is -0.104. The Morgan fingerprint density at radius 1 is 1.38 bits per heavy atom. The van der Waals surface area contributed by atoms with E-state index in [4.69, 9.17) is 0 Å². The Labute approximate surface area is 92.7 Å². The fourth-order valence-electron chi connectivity index (χ4n) is 2.52. The van der Waals surface area contributed by atoms with E-state index in [1.54, 1.807) is 0 Å². The summed E-state index contributed by atoms with van der Waals surface area (Å²) in [5.41, 5.74) is 2.93. The second-order valence-corrected chi connectivity index (χ2v) is 4.14. The number of carbonyl (C=O) groups excluding carboxylic acids is 2. The first-order valence-electron chi connectivity index (χ1n) is 5.41. The van der Waals surface area contributed by atoms with Gasteiger partial charge in [0.2, 0.25) is 5.78 Å². The minimum absolute atomic E-state index is 0.393. The third-order valence-electron chi connectivity index (χ3n) is 3.20. The largest absolute Gasteiger partial charge is 0.346 e. The number of aldehydes is 1. The zero-order valence-electron chi connectivity index (χ0n) is 8.77. The number of para-hydroxylation sites is 1. The summed E-state index contributed by atoms with van der Waals surface area (Å²) in [4.78, 5) is 22.1. The van der Waals surface area contributed by atoms with E-state index in [2.05, 4.69) is 10.6 Å². The van der Waals surface area contributed by atoms with Crippen molar-refractivity contribution < 1.29 is 9.59 Å². The Morgan fingerprint density at radius 2 is 2.25 bits per heavy atom. The molecule has 3 heteroatoms. The van der Waals surface area contributed by atoms with E-state index in [0.29, 0.717) is 11.8 Å². The van der Waals surface area contributed by atoms with Crippen LogP contribution in [-0.2, 0) is 17.8 Å². The van der Waals surface area contributed by atoms with Gasteiger partial charge in [0.05, 0.1) is 11.1 Å². The Hall–Kier alpha value is -1.90. The van der Waals surface area contributed by atoms with E-state index in [9.17, 15) is 9.59 Å². The molecule has 0 aliphatic carbocycles. The second-order valence-electron chi connectivity index (χ2n) is 4.14. The summed E-state index contributed by atoms with van der Waals surface area (Å²) in [5.74, 6) is -0.428. The van der Waals surface area contributed by atoms with Gasteiger partial charge in [-0.2, -0.15) is 0 Å². The number of hydrogen-bond acceptors (Lipinski definition) is 2. The van der Waals surface area contributed by atoms with Crippen LogP contribution in [0.3, 0.4) is 0 Å². The molecule has 2 aromatic rings. The van der Waals surface area contributed by atoms with Crippen LogP contribution >= 0.6 is 0 Å². The molecule has 0 saturated carbocycles. The van der Waals surface area contributed by atoms with E-state index in [1.165, 1.54) is 5.56 Å².